The molecule has 4 N–H and O–H groups in total. The van der Waals surface area contributed by atoms with Crippen molar-refractivity contribution in [2.24, 2.45) is 28.4 Å². The predicted octanol–water partition coefficient (Wildman–Crippen LogP) is 13.7. The van der Waals surface area contributed by atoms with Crippen molar-refractivity contribution in [1.29, 1.82) is 5.26 Å². The number of hydrogen-bond donors (Lipinski definition) is 3. The zero-order valence-corrected chi connectivity index (χ0v) is 81.8. The molecule has 6 rings (SSSR count). The maximum atomic E-state index is 11.1. The molecule has 0 aromatic heterocycles. The number of carboxylic acid groups (broad SMARTS) is 1. The van der Waals surface area contributed by atoms with Gasteiger partial charge in [-0.3, -0.25) is 14.4 Å². The molecule has 2 fully saturated rings. The summed E-state index contributed by atoms with van der Waals surface area (Å²) in [5, 5.41) is 34.8. The van der Waals surface area contributed by atoms with Crippen molar-refractivity contribution in [3.63, 3.8) is 0 Å². The summed E-state index contributed by atoms with van der Waals surface area (Å²) in [5.74, 6) is -0.920. The second-order valence-electron chi connectivity index (χ2n) is 28.7. The fraction of sp³-hybridized carbons (Fsp3) is 0.549. The molecule has 579 valence electrons. The van der Waals surface area contributed by atoms with Crippen LogP contribution in [0, 0.1) is 40.2 Å². The summed E-state index contributed by atoms with van der Waals surface area (Å²) in [4.78, 5) is 70.5. The summed E-state index contributed by atoms with van der Waals surface area (Å²) >= 11 is 48.4. The molecule has 34 heteroatoms. The number of nitrogens with zero attached hydrogens (tertiary/aromatic N) is 2. The van der Waals surface area contributed by atoms with Gasteiger partial charge in [0.1, 0.15) is 6.10 Å². The van der Waals surface area contributed by atoms with Crippen LogP contribution in [0.4, 0.5) is 0 Å². The standard InChI is InChI=1S/C16H25Cl2NOSi.C11H13Cl2NOSi.C11H14Cl2O2Si.C7H4Cl2O.C5H11N.C4H9NSi.C4H6O4.2C4H9.C2H3BO2.C2H4O2.CH4O.Al.2Na.H/c1-16(8-9-16)11-19-10-14(20-21(2,3)4)15-12(17)6-5-7-13(15)18;1-14-11(15-16(2,3)4)10-8(12)6-5-7-9(10)13;1-16(2,3)15-10(7-14)11-8(12)5-4-6-9(11)13;8-6-2-1-3-7(9)5(6)4-10;1-5(4-6)2-3-5;1-6(2,3)4-5;1-3(5)7-8-4(2)6;2*1-4(2)3;1-2(4)5-3;1-2(3)4;1-2;;;;/h5-7,14,19H,8-11H2,1-4H3;5-7,11H,2-4H3;4-7,10H,1-3H3;1-4H;2-4,6H2,1H3;1-3H3;1-2H3;2*4H,1H2,2-3H3;1H3;1H3,(H,3,4);2H,1H3;;;;/q;;;;;;;;;-1;;;;2*+1;/p-1. The van der Waals surface area contributed by atoms with Crippen LogP contribution in [-0.4, -0.2) is 125 Å². The average Bonchev–Trinajstić information content (AvgIpc) is 1.45. The molecular weight excluding hydrogens is 1610 g/mol. The maximum Gasteiger partial charge on any atom is 1.00 e. The minimum atomic E-state index is -1.82. The normalized spacial score (nSPS) is 13.0. The third-order valence-electron chi connectivity index (χ3n) is 12.6. The van der Waals surface area contributed by atoms with E-state index >= 15 is 0 Å². The van der Waals surface area contributed by atoms with Crippen LogP contribution in [0.2, 0.25) is 129 Å². The molecule has 2 aliphatic carbocycles. The van der Waals surface area contributed by atoms with Crippen molar-refractivity contribution < 1.29 is 126 Å². The van der Waals surface area contributed by atoms with E-state index in [1.807, 2.05) is 77.1 Å². The van der Waals surface area contributed by atoms with E-state index in [-0.39, 0.29) is 65.2 Å². The smallest absolute Gasteiger partial charge is 0.793 e. The number of benzene rings is 4. The zero-order chi connectivity index (χ0) is 81.5. The van der Waals surface area contributed by atoms with E-state index in [1.165, 1.54) is 43.2 Å². The number of carboxylic acids is 1. The number of hydrogen-bond acceptors (Lipinski definition) is 17. The molecule has 2 aliphatic rings. The van der Waals surface area contributed by atoms with E-state index in [1.54, 1.807) is 54.6 Å². The van der Waals surface area contributed by atoms with Crippen LogP contribution in [-0.2, 0) is 51.7 Å². The molecule has 3 atom stereocenters. The van der Waals surface area contributed by atoms with Crippen LogP contribution < -0.4 is 75.3 Å². The van der Waals surface area contributed by atoms with E-state index in [0.717, 1.165) is 71.2 Å². The molecule has 0 bridgehead atoms. The summed E-state index contributed by atoms with van der Waals surface area (Å²) in [6, 6.07) is 20.9. The first kappa shape index (κ1) is 117. The van der Waals surface area contributed by atoms with Crippen LogP contribution in [0.1, 0.15) is 140 Å². The summed E-state index contributed by atoms with van der Waals surface area (Å²) in [6.45, 7) is 52.9. The van der Waals surface area contributed by atoms with E-state index < -0.39 is 69.2 Å². The van der Waals surface area contributed by atoms with Crippen LogP contribution in [0.25, 0.3) is 4.85 Å². The van der Waals surface area contributed by atoms with E-state index in [2.05, 4.69) is 99.5 Å². The number of nitrogens with one attached hydrogen (secondary N) is 1. The van der Waals surface area contributed by atoms with Gasteiger partial charge in [-0.15, -0.1) is 0 Å². The number of aliphatic hydroxyl groups excluding tert-OH is 1. The van der Waals surface area contributed by atoms with Gasteiger partial charge in [-0.05, 0) is 157 Å². The minimum absolute atomic E-state index is 0. The largest absolute Gasteiger partial charge is 1.00 e. The van der Waals surface area contributed by atoms with Crippen molar-refractivity contribution in [1.82, 2.24) is 5.32 Å². The quantitative estimate of drug-likeness (QED) is 0.0244. The molecule has 2 saturated carbocycles. The van der Waals surface area contributed by atoms with Gasteiger partial charge >= 0.3 is 77.3 Å². The average molecular weight is 1720 g/mol. The molecular formula is C71H111AlBCl8N4Na2O14Si4. The molecule has 0 saturated heterocycles. The van der Waals surface area contributed by atoms with Crippen LogP contribution in [0.3, 0.4) is 0 Å². The van der Waals surface area contributed by atoms with Gasteiger partial charge in [0.05, 0.1) is 37.3 Å². The molecule has 18 nitrogen and oxygen atoms in total. The first-order valence-corrected chi connectivity index (χ1v) is 51.7. The van der Waals surface area contributed by atoms with Crippen molar-refractivity contribution in [3.8, 4) is 5.69 Å². The van der Waals surface area contributed by atoms with Gasteiger partial charge < -0.3 is 56.8 Å². The number of aldehydes is 2. The van der Waals surface area contributed by atoms with Gasteiger partial charge in [0.25, 0.3) is 0 Å². The summed E-state index contributed by atoms with van der Waals surface area (Å²) in [6.07, 6.45) is 5.25. The fourth-order valence-electron chi connectivity index (χ4n) is 6.98. The Morgan fingerprint density at radius 2 is 0.924 bits per heavy atom. The Bertz CT molecular complexity index is 3120. The monoisotopic (exact) mass is 1720 g/mol. The molecule has 4 aromatic carbocycles. The molecule has 105 heavy (non-hydrogen) atoms. The van der Waals surface area contributed by atoms with Crippen molar-refractivity contribution in [2.75, 3.05) is 26.7 Å². The van der Waals surface area contributed by atoms with Gasteiger partial charge in [-0.2, -0.15) is 0 Å². The number of nitriles is 1. The minimum Gasteiger partial charge on any atom is -0.793 e. The Morgan fingerprint density at radius 3 is 1.14 bits per heavy atom. The molecule has 0 heterocycles. The number of halogens is 8. The number of carbonyl (C=O) groups excluding carboxylic acids is 6. The maximum absolute atomic E-state index is 11.1. The third kappa shape index (κ3) is 68.0. The predicted molar refractivity (Wildman–Crippen MR) is 437 cm³/mol. The van der Waals surface area contributed by atoms with Crippen molar-refractivity contribution in [3.05, 3.63) is 147 Å². The molecule has 3 unspecified atom stereocenters. The van der Waals surface area contributed by atoms with Gasteiger partial charge in [-0.25, -0.2) is 31.2 Å². The summed E-state index contributed by atoms with van der Waals surface area (Å²) < 4.78 is 21.4. The Balaban J connectivity index is -0.000000210. The first-order chi connectivity index (χ1) is 47.2. The van der Waals surface area contributed by atoms with Crippen LogP contribution in [0.5, 0.6) is 0 Å². The van der Waals surface area contributed by atoms with Gasteiger partial charge in [0.15, 0.2) is 45.6 Å². The number of carbonyl (C=O) groups is 6. The number of nitrogens with two attached hydrogens (primary N) is 1. The summed E-state index contributed by atoms with van der Waals surface area (Å²) in [7, 11) is -1.31. The van der Waals surface area contributed by atoms with E-state index in [0.29, 0.717) is 89.2 Å². The van der Waals surface area contributed by atoms with E-state index in [4.69, 9.17) is 139 Å². The number of aliphatic carboxylic acids is 1. The Morgan fingerprint density at radius 1 is 0.619 bits per heavy atom. The fourth-order valence-corrected chi connectivity index (χ4v) is 14.0. The molecule has 3 radical (unpaired) electrons. The molecule has 0 spiro atoms. The second-order valence-corrected chi connectivity index (χ2v) is 51.9. The summed E-state index contributed by atoms with van der Waals surface area (Å²) in [5.41, 5.74) is 11.1. The SMILES string of the molecule is CC(=O)OOC(C)=O.CC(=O)[O-].CC(C)[CH2][AlH][CH2]C(C)C.CC1(CN)CC1.CC1(CNCC(O[Si](C)(C)C)c2c(Cl)cccc2Cl)CC1.CO.C[Si](C)(C)C#N.C[Si](C)(C)OC(C=O)c1c(Cl)cccc1Cl.O=Cc1c(Cl)cccc1Cl.[B-]OC(C)=O.[C-]#[N+]C(O[Si](C)(C)C)c1c(Cl)cccc1Cl.[Na+].[Na+]. The zero-order valence-electron chi connectivity index (χ0n) is 66.4. The number of aliphatic hydroxyl groups is 1. The van der Waals surface area contributed by atoms with Crippen LogP contribution >= 0.6 is 92.8 Å². The van der Waals surface area contributed by atoms with Gasteiger partial charge in [0.2, 0.25) is 21.2 Å². The van der Waals surface area contributed by atoms with Gasteiger partial charge in [0, 0.05) is 83.8 Å². The van der Waals surface area contributed by atoms with E-state index in [9.17, 15) is 24.0 Å². The Hall–Kier alpha value is -1.38. The van der Waals surface area contributed by atoms with Crippen molar-refractivity contribution >= 4 is 186 Å². The Kier molecular flexibility index (Phi) is 69.2. The molecule has 0 aliphatic heterocycles. The Labute approximate surface area is 724 Å². The topological polar surface area (TPSA) is 267 Å². The third-order valence-corrected chi connectivity index (χ3v) is 21.9. The molecule has 4 aromatic rings. The molecule has 0 amide bonds. The first-order valence-electron chi connectivity index (χ1n) is 33.0. The number of rotatable bonds is 20. The van der Waals surface area contributed by atoms with Crippen molar-refractivity contribution in [2.45, 2.75) is 202 Å². The van der Waals surface area contributed by atoms with Gasteiger partial charge in [-0.1, -0.05) is 201 Å². The van der Waals surface area contributed by atoms with Crippen LogP contribution in [0.15, 0.2) is 72.8 Å². The second kappa shape index (κ2) is 62.1.